The average molecular weight is 1330 g/mol. The molecule has 12 fully saturated rings. The fourth-order valence-electron chi connectivity index (χ4n) is 27.6. The van der Waals surface area contributed by atoms with E-state index in [4.69, 9.17) is 9.92 Å². The second-order valence-corrected chi connectivity index (χ2v) is 38.7. The van der Waals surface area contributed by atoms with Crippen molar-refractivity contribution in [2.75, 3.05) is 19.7 Å². The molecule has 1 aromatic carbocycles. The van der Waals surface area contributed by atoms with Crippen LogP contribution in [0.5, 0.6) is 0 Å². The van der Waals surface area contributed by atoms with Gasteiger partial charge in [-0.2, -0.15) is 8.42 Å². The molecule has 12 nitrogen and oxygen atoms in total. The summed E-state index contributed by atoms with van der Waals surface area (Å²) >= 11 is 0. The van der Waals surface area contributed by atoms with Gasteiger partial charge in [-0.05, 0) is 357 Å². The molecule has 30 atom stereocenters. The van der Waals surface area contributed by atoms with Crippen LogP contribution in [0.2, 0.25) is 0 Å². The lowest BCUT2D eigenvalue weighted by Crippen LogP contribution is -2.58. The lowest BCUT2D eigenvalue weighted by molar-refractivity contribution is -0.174. The summed E-state index contributed by atoms with van der Waals surface area (Å²) in [6.07, 6.45) is 32.1. The fraction of sp³-hybridized carbons (Fsp3) is 0.914. The van der Waals surface area contributed by atoms with Gasteiger partial charge in [0, 0.05) is 13.5 Å². The van der Waals surface area contributed by atoms with Crippen LogP contribution in [0, 0.1) is 146 Å². The molecule has 536 valence electrons. The third-order valence-electron chi connectivity index (χ3n) is 32.7. The minimum Gasteiger partial charge on any atom is -0.393 e. The Bertz CT molecular complexity index is 2800. The number of nitrogens with two attached hydrogens (primary N) is 1. The molecular formula is C81H136N2O10S. The Kier molecular flexibility index (Phi) is 22.7. The Morgan fingerprint density at radius 1 is 0.489 bits per heavy atom. The van der Waals surface area contributed by atoms with Crippen molar-refractivity contribution in [3.8, 4) is 0 Å². The monoisotopic (exact) mass is 1330 g/mol. The number of hydrogen-bond donors (Lipinski definition) is 8. The highest BCUT2D eigenvalue weighted by atomic mass is 32.2. The van der Waals surface area contributed by atoms with Crippen molar-refractivity contribution < 1.29 is 48.0 Å². The van der Waals surface area contributed by atoms with Gasteiger partial charge in [-0.15, -0.1) is 0 Å². The SMILES string of the molecule is CC(=O)NCCC[C@@H](C)[C@H]1CC[C@H]2[C@@H]3[C@@H](O)CC4C[C@H](O)CC[C@]4(C)[C@H]3CC[C@]12C.C[C@H](CCCN)[C@H]1CC[C@H]2[C@@H]3[C@@H](O)CC4C[C@H](O)CC[C@]4(C)[C@H]3CC[C@]12C.Cc1ccc(S(=O)(=O)OCCC[C@@H](C)[C@H]2CC[C@H]3[C@@H]4[C@@H](O)CC5C[C@H](O)CC[C@]5(C)[C@H]4CC[C@]23C)cc1. The molecule has 0 radical (unpaired) electrons. The van der Waals surface area contributed by atoms with Crippen molar-refractivity contribution in [1.82, 2.24) is 5.32 Å². The molecule has 12 aliphatic carbocycles. The molecule has 0 saturated heterocycles. The van der Waals surface area contributed by atoms with Gasteiger partial charge in [0.15, 0.2) is 0 Å². The number of benzene rings is 1. The summed E-state index contributed by atoms with van der Waals surface area (Å²) in [6, 6.07) is 6.82. The number of hydrogen-bond acceptors (Lipinski definition) is 11. The molecular weight excluding hydrogens is 1190 g/mol. The van der Waals surface area contributed by atoms with Gasteiger partial charge in [-0.1, -0.05) is 80.0 Å². The van der Waals surface area contributed by atoms with Gasteiger partial charge in [-0.25, -0.2) is 0 Å². The summed E-state index contributed by atoms with van der Waals surface area (Å²) in [4.78, 5) is 11.4. The molecule has 0 heterocycles. The Balaban J connectivity index is 0.000000146. The number of aryl methyl sites for hydroxylation is 1. The Hall–Kier alpha value is -1.68. The van der Waals surface area contributed by atoms with Gasteiger partial charge in [0.05, 0.1) is 48.1 Å². The Morgan fingerprint density at radius 2 is 0.819 bits per heavy atom. The number of fused-ring (bicyclic) bond motifs is 15. The van der Waals surface area contributed by atoms with Crippen LogP contribution in [0.4, 0.5) is 0 Å². The van der Waals surface area contributed by atoms with Crippen LogP contribution >= 0.6 is 0 Å². The number of aliphatic hydroxyl groups excluding tert-OH is 6. The smallest absolute Gasteiger partial charge is 0.296 e. The predicted octanol–water partition coefficient (Wildman–Crippen LogP) is 15.0. The number of carbonyl (C=O) groups excluding carboxylic acids is 1. The maximum atomic E-state index is 12.5. The highest BCUT2D eigenvalue weighted by molar-refractivity contribution is 7.86. The standard InChI is InChI=1S/C31H48O5S.C26H45NO3.C24H43NO2/c1-20-7-9-24(10-8-20)37(34,35)36-17-5-6-21(2)25-11-12-26-29-27(14-16-31(25,26)4)30(3)15-13-23(32)18-22(30)19-28(29)33;1-16(6-5-13-27-17(2)28)20-7-8-21-24-22(10-12-26(20,21)4)25(3)11-9-19(29)14-18(25)15-23(24)30;1-15(5-4-12-25)18-6-7-19-22-20(9-11-24(18,19)3)23(2)10-8-17(26)13-16(23)14-21(22)27/h7-10,21-23,25-29,32-33H,5-6,11-19H2,1-4H3;16,18-24,29-30H,5-15H2,1-4H3,(H,27,28);15-22,26-27H,4-14,25H2,1-3H3/t21-,22?,23-,25-,26+,27+,28+,29+,30+,31-;16-,18?,19-,20-,21+,22+,23+,24+,25+,26-;15-,16?,17-,18-,19+,20+,21+,22+,23+,24-/m111/s1. The number of rotatable bonds is 16. The number of carbonyl (C=O) groups is 1. The van der Waals surface area contributed by atoms with Crippen molar-refractivity contribution in [3.63, 3.8) is 0 Å². The van der Waals surface area contributed by atoms with E-state index in [0.717, 1.165) is 139 Å². The minimum atomic E-state index is -3.71. The summed E-state index contributed by atoms with van der Waals surface area (Å²) in [6.45, 7) is 27.7. The summed E-state index contributed by atoms with van der Waals surface area (Å²) in [5.74, 6) is 10.7. The van der Waals surface area contributed by atoms with Gasteiger partial charge in [0.1, 0.15) is 0 Å². The summed E-state index contributed by atoms with van der Waals surface area (Å²) in [5, 5.41) is 67.8. The van der Waals surface area contributed by atoms with E-state index < -0.39 is 10.1 Å². The maximum Gasteiger partial charge on any atom is 0.296 e. The zero-order valence-electron chi connectivity index (χ0n) is 60.8. The molecule has 1 aromatic rings. The lowest BCUT2D eigenvalue weighted by atomic mass is 9.43. The number of nitrogens with one attached hydrogen (secondary N) is 1. The minimum absolute atomic E-state index is 0.0715. The maximum absolute atomic E-state index is 12.5. The van der Waals surface area contributed by atoms with Crippen molar-refractivity contribution in [1.29, 1.82) is 0 Å². The van der Waals surface area contributed by atoms with Crippen molar-refractivity contribution in [3.05, 3.63) is 29.8 Å². The molecule has 12 saturated carbocycles. The molecule has 0 bridgehead atoms. The summed E-state index contributed by atoms with van der Waals surface area (Å²) in [7, 11) is -3.71. The second kappa shape index (κ2) is 29.0. The highest BCUT2D eigenvalue weighted by Gasteiger charge is 2.66. The molecule has 1 amide bonds. The van der Waals surface area contributed by atoms with E-state index in [9.17, 15) is 43.9 Å². The van der Waals surface area contributed by atoms with Crippen LogP contribution < -0.4 is 11.1 Å². The van der Waals surface area contributed by atoms with Gasteiger partial charge in [0.2, 0.25) is 5.91 Å². The van der Waals surface area contributed by atoms with Gasteiger partial charge >= 0.3 is 0 Å². The van der Waals surface area contributed by atoms with E-state index >= 15 is 0 Å². The van der Waals surface area contributed by atoms with Crippen LogP contribution in [0.25, 0.3) is 0 Å². The van der Waals surface area contributed by atoms with Crippen molar-refractivity contribution in [2.45, 2.75) is 310 Å². The Labute approximate surface area is 571 Å². The first-order chi connectivity index (χ1) is 44.4. The first-order valence-corrected chi connectivity index (χ1v) is 40.8. The molecule has 94 heavy (non-hydrogen) atoms. The molecule has 0 aliphatic heterocycles. The quantitative estimate of drug-likeness (QED) is 0.0575. The molecule has 9 N–H and O–H groups in total. The average Bonchev–Trinajstić information content (AvgIpc) is 1.42. The Morgan fingerprint density at radius 3 is 1.17 bits per heavy atom. The highest BCUT2D eigenvalue weighted by Crippen LogP contribution is 2.72. The first kappa shape index (κ1) is 73.5. The van der Waals surface area contributed by atoms with Crippen LogP contribution in [0.1, 0.15) is 267 Å². The van der Waals surface area contributed by atoms with E-state index in [0.29, 0.717) is 110 Å². The zero-order chi connectivity index (χ0) is 67.7. The molecule has 3 unspecified atom stereocenters. The molecule has 13 rings (SSSR count). The topological polar surface area (TPSA) is 220 Å². The third-order valence-corrected chi connectivity index (χ3v) is 34.0. The largest absolute Gasteiger partial charge is 0.393 e. The molecule has 0 aromatic heterocycles. The van der Waals surface area contributed by atoms with Gasteiger partial charge < -0.3 is 41.7 Å². The third kappa shape index (κ3) is 13.8. The van der Waals surface area contributed by atoms with Gasteiger partial charge in [0.25, 0.3) is 10.1 Å². The van der Waals surface area contributed by atoms with E-state index in [1.807, 2.05) is 6.92 Å². The van der Waals surface area contributed by atoms with Crippen LogP contribution in [-0.4, -0.2) is 101 Å². The molecule has 12 aliphatic rings. The second-order valence-electron chi connectivity index (χ2n) is 37.1. The van der Waals surface area contributed by atoms with Crippen LogP contribution in [-0.2, 0) is 19.1 Å². The lowest BCUT2D eigenvalue weighted by Gasteiger charge is -2.62. The van der Waals surface area contributed by atoms with Crippen LogP contribution in [0.3, 0.4) is 0 Å². The van der Waals surface area contributed by atoms with Crippen LogP contribution in [0.15, 0.2) is 29.2 Å². The summed E-state index contributed by atoms with van der Waals surface area (Å²) in [5.41, 5.74) is 8.73. The zero-order valence-corrected chi connectivity index (χ0v) is 61.6. The normalized spacial score (nSPS) is 47.7. The molecule has 13 heteroatoms. The van der Waals surface area contributed by atoms with E-state index in [1.54, 1.807) is 31.2 Å². The van der Waals surface area contributed by atoms with E-state index in [1.165, 1.54) is 89.9 Å². The van der Waals surface area contributed by atoms with Crippen molar-refractivity contribution >= 4 is 16.0 Å². The summed E-state index contributed by atoms with van der Waals surface area (Å²) < 4.78 is 30.4. The fourth-order valence-corrected chi connectivity index (χ4v) is 28.5. The number of aliphatic hydroxyl groups is 6. The van der Waals surface area contributed by atoms with Crippen molar-refractivity contribution in [2.24, 2.45) is 145 Å². The molecule has 0 spiro atoms. The van der Waals surface area contributed by atoms with Gasteiger partial charge in [-0.3, -0.25) is 8.98 Å². The number of amides is 1. The van der Waals surface area contributed by atoms with E-state index in [2.05, 4.69) is 67.6 Å². The predicted molar refractivity (Wildman–Crippen MR) is 375 cm³/mol. The van der Waals surface area contributed by atoms with E-state index in [-0.39, 0.29) is 64.9 Å². The first-order valence-electron chi connectivity index (χ1n) is 39.4.